The highest BCUT2D eigenvalue weighted by Gasteiger charge is 2.41. The number of hydrogen-bond donors (Lipinski definition) is 0. The maximum Gasteiger partial charge on any atom is 0.252 e. The Morgan fingerprint density at radius 2 is 1.89 bits per heavy atom. The number of anilines is 1. The van der Waals surface area contributed by atoms with Crippen LogP contribution in [0.3, 0.4) is 0 Å². The van der Waals surface area contributed by atoms with E-state index in [2.05, 4.69) is 0 Å². The molecule has 1 aliphatic heterocycles. The number of rotatable bonds is 2. The largest absolute Gasteiger partial charge is 0.276 e. The number of amides is 1. The molecule has 0 unspecified atom stereocenters. The number of benzene rings is 1. The Labute approximate surface area is 109 Å². The van der Waals surface area contributed by atoms with Crippen LogP contribution in [0.1, 0.15) is 17.3 Å². The van der Waals surface area contributed by atoms with E-state index in [4.69, 9.17) is 11.6 Å². The third kappa shape index (κ3) is 2.13. The maximum atomic E-state index is 11.8. The summed E-state index contributed by atoms with van der Waals surface area (Å²) >= 11 is 5.29. The lowest BCUT2D eigenvalue weighted by atomic mass is 10.2. The quantitative estimate of drug-likeness (QED) is 0.770. The number of sulfonamides is 1. The highest BCUT2D eigenvalue weighted by atomic mass is 35.5. The Balaban J connectivity index is 2.43. The van der Waals surface area contributed by atoms with Crippen LogP contribution in [0.4, 0.5) is 5.69 Å². The van der Waals surface area contributed by atoms with Gasteiger partial charge in [-0.05, 0) is 35.9 Å². The third-order valence-electron chi connectivity index (χ3n) is 2.69. The van der Waals surface area contributed by atoms with E-state index in [0.717, 1.165) is 4.31 Å². The van der Waals surface area contributed by atoms with E-state index in [-0.39, 0.29) is 17.0 Å². The molecule has 1 amide bonds. The molecule has 1 aliphatic rings. The van der Waals surface area contributed by atoms with Gasteiger partial charge in [0.2, 0.25) is 15.9 Å². The van der Waals surface area contributed by atoms with Gasteiger partial charge in [-0.2, -0.15) is 0 Å². The Hall–Kier alpha value is -1.40. The highest BCUT2D eigenvalue weighted by Crippen LogP contribution is 2.28. The molecule has 96 valence electrons. The molecule has 5 nitrogen and oxygen atoms in total. The van der Waals surface area contributed by atoms with E-state index in [9.17, 15) is 18.0 Å². The zero-order chi connectivity index (χ0) is 13.5. The maximum absolute atomic E-state index is 11.8. The molecule has 0 radical (unpaired) electrons. The van der Waals surface area contributed by atoms with Gasteiger partial charge >= 0.3 is 0 Å². The number of carbonyl (C=O) groups excluding carboxylic acids is 2. The van der Waals surface area contributed by atoms with Gasteiger partial charge in [0.15, 0.2) is 0 Å². The van der Waals surface area contributed by atoms with Crippen LogP contribution in [0.2, 0.25) is 0 Å². The third-order valence-corrected chi connectivity index (χ3v) is 4.78. The molecule has 0 spiro atoms. The monoisotopic (exact) mass is 287 g/mol. The first-order valence-corrected chi connectivity index (χ1v) is 7.18. The van der Waals surface area contributed by atoms with Crippen molar-refractivity contribution in [2.75, 3.05) is 10.1 Å². The average molecular weight is 288 g/mol. The van der Waals surface area contributed by atoms with Crippen molar-refractivity contribution in [3.05, 3.63) is 29.8 Å². The first-order chi connectivity index (χ1) is 8.33. The van der Waals surface area contributed by atoms with Crippen LogP contribution in [-0.2, 0) is 14.8 Å². The molecule has 1 saturated heterocycles. The standard InChI is InChI=1S/C11H10ClNO4S/c1-7-6-18(16,17)13(11(7)15)9-4-2-8(3-5-9)10(12)14/h2-5,7H,6H2,1H3/t7-/m0/s1. The molecule has 1 fully saturated rings. The number of halogens is 1. The summed E-state index contributed by atoms with van der Waals surface area (Å²) in [6, 6.07) is 5.55. The average Bonchev–Trinajstić information content (AvgIpc) is 2.48. The first-order valence-electron chi connectivity index (χ1n) is 5.19. The second-order valence-corrected chi connectivity index (χ2v) is 6.31. The van der Waals surface area contributed by atoms with Crippen molar-refractivity contribution in [2.45, 2.75) is 6.92 Å². The molecule has 0 N–H and O–H groups in total. The van der Waals surface area contributed by atoms with E-state index in [1.165, 1.54) is 24.3 Å². The summed E-state index contributed by atoms with van der Waals surface area (Å²) in [5, 5.41) is -0.634. The second kappa shape index (κ2) is 4.37. The summed E-state index contributed by atoms with van der Waals surface area (Å²) < 4.78 is 24.4. The van der Waals surface area contributed by atoms with Crippen molar-refractivity contribution in [3.63, 3.8) is 0 Å². The van der Waals surface area contributed by atoms with Crippen molar-refractivity contribution in [2.24, 2.45) is 5.92 Å². The normalized spacial score (nSPS) is 22.2. The number of carbonyl (C=O) groups is 2. The molecule has 18 heavy (non-hydrogen) atoms. The molecule has 0 bridgehead atoms. The molecular weight excluding hydrogens is 278 g/mol. The molecule has 1 heterocycles. The van der Waals surface area contributed by atoms with Crippen LogP contribution < -0.4 is 4.31 Å². The fourth-order valence-electron chi connectivity index (χ4n) is 1.81. The van der Waals surface area contributed by atoms with Gasteiger partial charge in [0.1, 0.15) is 0 Å². The second-order valence-electron chi connectivity index (χ2n) is 4.10. The van der Waals surface area contributed by atoms with Crippen LogP contribution in [0.15, 0.2) is 24.3 Å². The van der Waals surface area contributed by atoms with E-state index in [1.54, 1.807) is 6.92 Å². The van der Waals surface area contributed by atoms with E-state index >= 15 is 0 Å². The minimum Gasteiger partial charge on any atom is -0.276 e. The Bertz CT molecular complexity index is 608. The zero-order valence-electron chi connectivity index (χ0n) is 9.46. The first kappa shape index (κ1) is 13.0. The molecule has 1 aromatic rings. The molecule has 0 saturated carbocycles. The zero-order valence-corrected chi connectivity index (χ0v) is 11.0. The van der Waals surface area contributed by atoms with Crippen molar-refractivity contribution in [1.82, 2.24) is 0 Å². The topological polar surface area (TPSA) is 71.5 Å². The number of nitrogens with zero attached hydrogens (tertiary/aromatic N) is 1. The predicted octanol–water partition coefficient (Wildman–Crippen LogP) is 1.38. The Morgan fingerprint density at radius 1 is 1.33 bits per heavy atom. The molecule has 0 aliphatic carbocycles. The van der Waals surface area contributed by atoms with Crippen molar-refractivity contribution >= 4 is 38.5 Å². The van der Waals surface area contributed by atoms with Gasteiger partial charge in [0, 0.05) is 5.56 Å². The van der Waals surface area contributed by atoms with Gasteiger partial charge in [0.05, 0.1) is 17.4 Å². The predicted molar refractivity (Wildman–Crippen MR) is 67.1 cm³/mol. The van der Waals surface area contributed by atoms with Crippen molar-refractivity contribution < 1.29 is 18.0 Å². The van der Waals surface area contributed by atoms with Gasteiger partial charge in [-0.3, -0.25) is 9.59 Å². The fourth-order valence-corrected chi connectivity index (χ4v) is 3.76. The van der Waals surface area contributed by atoms with Crippen molar-refractivity contribution in [1.29, 1.82) is 0 Å². The SMILES string of the molecule is C[C@H]1CS(=O)(=O)N(c2ccc(C(=O)Cl)cc2)C1=O. The van der Waals surface area contributed by atoms with Gasteiger partial charge in [-0.25, -0.2) is 12.7 Å². The van der Waals surface area contributed by atoms with Crippen LogP contribution >= 0.6 is 11.6 Å². The number of hydrogen-bond acceptors (Lipinski definition) is 4. The molecule has 1 aromatic carbocycles. The van der Waals surface area contributed by atoms with Crippen LogP contribution in [0.5, 0.6) is 0 Å². The molecule has 1 atom stereocenters. The molecule has 7 heteroatoms. The summed E-state index contributed by atoms with van der Waals surface area (Å²) in [7, 11) is -3.61. The summed E-state index contributed by atoms with van der Waals surface area (Å²) in [6.07, 6.45) is 0. The van der Waals surface area contributed by atoms with Gasteiger partial charge in [0.25, 0.3) is 5.24 Å². The lowest BCUT2D eigenvalue weighted by molar-refractivity contribution is -0.119. The van der Waals surface area contributed by atoms with E-state index in [0.29, 0.717) is 0 Å². The summed E-state index contributed by atoms with van der Waals surface area (Å²) in [4.78, 5) is 22.7. The van der Waals surface area contributed by atoms with Gasteiger partial charge in [-0.15, -0.1) is 0 Å². The highest BCUT2D eigenvalue weighted by molar-refractivity contribution is 7.94. The molecule has 0 aromatic heterocycles. The van der Waals surface area contributed by atoms with Gasteiger partial charge in [-0.1, -0.05) is 6.92 Å². The minimum atomic E-state index is -3.61. The molecule has 2 rings (SSSR count). The minimum absolute atomic E-state index is 0.192. The lowest BCUT2D eigenvalue weighted by Gasteiger charge is -2.15. The summed E-state index contributed by atoms with van der Waals surface area (Å²) in [5.41, 5.74) is 0.475. The fraction of sp³-hybridized carbons (Fsp3) is 0.273. The summed E-state index contributed by atoms with van der Waals surface area (Å²) in [5.74, 6) is -1.20. The van der Waals surface area contributed by atoms with Crippen LogP contribution in [-0.4, -0.2) is 25.3 Å². The van der Waals surface area contributed by atoms with Crippen LogP contribution in [0.25, 0.3) is 0 Å². The van der Waals surface area contributed by atoms with E-state index in [1.807, 2.05) is 0 Å². The Morgan fingerprint density at radius 3 is 2.28 bits per heavy atom. The summed E-state index contributed by atoms with van der Waals surface area (Å²) in [6.45, 7) is 1.57. The Kier molecular flexibility index (Phi) is 3.16. The smallest absolute Gasteiger partial charge is 0.252 e. The lowest BCUT2D eigenvalue weighted by Crippen LogP contribution is -2.30. The van der Waals surface area contributed by atoms with Gasteiger partial charge < -0.3 is 0 Å². The van der Waals surface area contributed by atoms with Crippen molar-refractivity contribution in [3.8, 4) is 0 Å². The van der Waals surface area contributed by atoms with E-state index < -0.39 is 27.1 Å². The molecular formula is C11H10ClNO4S. The van der Waals surface area contributed by atoms with Crippen LogP contribution in [0, 0.1) is 5.92 Å².